The largest absolute Gasteiger partial charge is 0.481 e. The van der Waals surface area contributed by atoms with Gasteiger partial charge in [0.2, 0.25) is 0 Å². The summed E-state index contributed by atoms with van der Waals surface area (Å²) in [6.07, 6.45) is 5.26. The molecule has 0 aliphatic heterocycles. The van der Waals surface area contributed by atoms with E-state index in [2.05, 4.69) is 15.3 Å². The van der Waals surface area contributed by atoms with Crippen molar-refractivity contribution in [2.24, 2.45) is 11.8 Å². The maximum absolute atomic E-state index is 11.8. The first-order valence-corrected chi connectivity index (χ1v) is 6.62. The fraction of sp³-hybridized carbons (Fsp3) is 0.538. The van der Waals surface area contributed by atoms with Crippen LogP contribution in [0.5, 0.6) is 0 Å². The molecule has 1 aromatic rings. The second kappa shape index (κ2) is 6.31. The predicted molar refractivity (Wildman–Crippen MR) is 70.3 cm³/mol. The van der Waals surface area contributed by atoms with Crippen LogP contribution in [0.25, 0.3) is 0 Å². The minimum absolute atomic E-state index is 0.170. The Morgan fingerprint density at radius 2 is 2.05 bits per heavy atom. The molecule has 3 N–H and O–H groups in total. The van der Waals surface area contributed by atoms with Crippen LogP contribution in [0.3, 0.4) is 0 Å². The monoisotopic (exact) mass is 279 g/mol. The summed E-state index contributed by atoms with van der Waals surface area (Å²) in [7, 11) is 0. The summed E-state index contributed by atoms with van der Waals surface area (Å²) >= 11 is 0. The summed E-state index contributed by atoms with van der Waals surface area (Å²) in [5, 5.41) is 11.7. The maximum atomic E-state index is 11.8. The first-order valence-electron chi connectivity index (χ1n) is 6.62. The molecule has 20 heavy (non-hydrogen) atoms. The highest BCUT2D eigenvalue weighted by Crippen LogP contribution is 2.28. The number of carbonyl (C=O) groups excluding carboxylic acids is 1. The Hall–Kier alpha value is -2.18. The molecule has 1 aromatic heterocycles. The molecule has 1 aliphatic carbocycles. The Bertz CT molecular complexity index is 526. The van der Waals surface area contributed by atoms with E-state index in [1.54, 1.807) is 0 Å². The van der Waals surface area contributed by atoms with Gasteiger partial charge in [0.1, 0.15) is 5.69 Å². The van der Waals surface area contributed by atoms with E-state index in [4.69, 9.17) is 5.11 Å². The number of H-pyrrole nitrogens is 1. The van der Waals surface area contributed by atoms with Crippen molar-refractivity contribution in [3.8, 4) is 0 Å². The summed E-state index contributed by atoms with van der Waals surface area (Å²) < 4.78 is 0. The molecule has 108 valence electrons. The molecule has 0 aromatic carbocycles. The first-order chi connectivity index (χ1) is 9.56. The lowest BCUT2D eigenvalue weighted by atomic mass is 9.82. The number of aromatic amines is 1. The van der Waals surface area contributed by atoms with Gasteiger partial charge < -0.3 is 15.4 Å². The van der Waals surface area contributed by atoms with Gasteiger partial charge in [0.05, 0.1) is 12.1 Å². The van der Waals surface area contributed by atoms with Gasteiger partial charge in [-0.1, -0.05) is 0 Å². The minimum Gasteiger partial charge on any atom is -0.481 e. The molecule has 0 unspecified atom stereocenters. The highest BCUT2D eigenvalue weighted by Gasteiger charge is 2.26. The number of aromatic nitrogens is 2. The lowest BCUT2D eigenvalue weighted by molar-refractivity contribution is -0.143. The van der Waals surface area contributed by atoms with Crippen LogP contribution in [0.4, 0.5) is 0 Å². The standard InChI is InChI=1S/C13H17N3O4/c17-11-7-14-10(6-15-11)12(18)16-5-8-1-3-9(4-2-8)13(19)20/h6-9H,1-5H2,(H,15,17)(H,16,18)(H,19,20). The molecule has 1 aliphatic rings. The second-order valence-electron chi connectivity index (χ2n) is 5.06. The number of nitrogens with zero attached hydrogens (tertiary/aromatic N) is 1. The van der Waals surface area contributed by atoms with Crippen molar-refractivity contribution in [1.82, 2.24) is 15.3 Å². The van der Waals surface area contributed by atoms with Crippen LogP contribution in [-0.2, 0) is 4.79 Å². The summed E-state index contributed by atoms with van der Waals surface area (Å²) in [6.45, 7) is 0.506. The van der Waals surface area contributed by atoms with Gasteiger partial charge in [-0.15, -0.1) is 0 Å². The topological polar surface area (TPSA) is 112 Å². The van der Waals surface area contributed by atoms with Crippen molar-refractivity contribution in [2.75, 3.05) is 6.54 Å². The molecule has 1 saturated carbocycles. The van der Waals surface area contributed by atoms with Crippen molar-refractivity contribution in [1.29, 1.82) is 0 Å². The van der Waals surface area contributed by atoms with E-state index in [1.165, 1.54) is 6.20 Å². The van der Waals surface area contributed by atoms with Crippen LogP contribution in [0.2, 0.25) is 0 Å². The number of nitrogens with one attached hydrogen (secondary N) is 2. The third-order valence-corrected chi connectivity index (χ3v) is 3.65. The third kappa shape index (κ3) is 3.66. The van der Waals surface area contributed by atoms with E-state index in [0.29, 0.717) is 25.3 Å². The van der Waals surface area contributed by atoms with Crippen LogP contribution in [0, 0.1) is 11.8 Å². The van der Waals surface area contributed by atoms with Crippen molar-refractivity contribution in [3.63, 3.8) is 0 Å². The van der Waals surface area contributed by atoms with Gasteiger partial charge in [0.25, 0.3) is 11.5 Å². The van der Waals surface area contributed by atoms with Gasteiger partial charge in [0, 0.05) is 12.7 Å². The molecule has 1 heterocycles. The van der Waals surface area contributed by atoms with Crippen molar-refractivity contribution < 1.29 is 14.7 Å². The molecule has 7 heteroatoms. The van der Waals surface area contributed by atoms with E-state index >= 15 is 0 Å². The lowest BCUT2D eigenvalue weighted by Gasteiger charge is -2.26. The zero-order valence-electron chi connectivity index (χ0n) is 11.0. The number of rotatable bonds is 4. The van der Waals surface area contributed by atoms with E-state index in [1.807, 2.05) is 0 Å². The lowest BCUT2D eigenvalue weighted by Crippen LogP contribution is -2.33. The Labute approximate surface area is 115 Å². The van der Waals surface area contributed by atoms with Crippen LogP contribution >= 0.6 is 0 Å². The molecular weight excluding hydrogens is 262 g/mol. The summed E-state index contributed by atoms with van der Waals surface area (Å²) in [5.41, 5.74) is -0.183. The SMILES string of the molecule is O=C(NCC1CCC(C(=O)O)CC1)c1c[nH]c(=O)cn1. The molecular formula is C13H17N3O4. The van der Waals surface area contributed by atoms with Gasteiger partial charge in [-0.3, -0.25) is 14.4 Å². The number of hydrogen-bond donors (Lipinski definition) is 3. The second-order valence-corrected chi connectivity index (χ2v) is 5.06. The molecule has 0 atom stereocenters. The molecule has 0 bridgehead atoms. The van der Waals surface area contributed by atoms with Crippen molar-refractivity contribution in [2.45, 2.75) is 25.7 Å². The van der Waals surface area contributed by atoms with Crippen molar-refractivity contribution >= 4 is 11.9 Å². The van der Waals surface area contributed by atoms with Gasteiger partial charge in [-0.25, -0.2) is 4.98 Å². The number of carboxylic acid groups (broad SMARTS) is 1. The molecule has 7 nitrogen and oxygen atoms in total. The van der Waals surface area contributed by atoms with Crippen LogP contribution < -0.4 is 10.9 Å². The predicted octanol–water partition coefficient (Wildman–Crippen LogP) is 0.391. The van der Waals surface area contributed by atoms with Crippen LogP contribution in [0.1, 0.15) is 36.2 Å². The van der Waals surface area contributed by atoms with Gasteiger partial charge in [0.15, 0.2) is 0 Å². The fourth-order valence-electron chi connectivity index (χ4n) is 2.41. The number of amides is 1. The number of hydrogen-bond acceptors (Lipinski definition) is 4. The summed E-state index contributed by atoms with van der Waals surface area (Å²) in [4.78, 5) is 39.6. The normalized spacial score (nSPS) is 22.2. The Morgan fingerprint density at radius 3 is 2.60 bits per heavy atom. The average Bonchev–Trinajstić information content (AvgIpc) is 2.46. The molecule has 0 saturated heterocycles. The number of carboxylic acids is 1. The number of aliphatic carboxylic acids is 1. The summed E-state index contributed by atoms with van der Waals surface area (Å²) in [5.74, 6) is -1.01. The fourth-order valence-corrected chi connectivity index (χ4v) is 2.41. The third-order valence-electron chi connectivity index (χ3n) is 3.65. The highest BCUT2D eigenvalue weighted by molar-refractivity contribution is 5.91. The molecule has 0 radical (unpaired) electrons. The first kappa shape index (κ1) is 14.2. The molecule has 1 fully saturated rings. The Morgan fingerprint density at radius 1 is 1.35 bits per heavy atom. The van der Waals surface area contributed by atoms with Gasteiger partial charge in [-0.05, 0) is 31.6 Å². The van der Waals surface area contributed by atoms with Crippen LogP contribution in [0.15, 0.2) is 17.2 Å². The Balaban J connectivity index is 1.78. The van der Waals surface area contributed by atoms with Gasteiger partial charge in [-0.2, -0.15) is 0 Å². The summed E-state index contributed by atoms with van der Waals surface area (Å²) in [6, 6.07) is 0. The highest BCUT2D eigenvalue weighted by atomic mass is 16.4. The van der Waals surface area contributed by atoms with E-state index in [9.17, 15) is 14.4 Å². The molecule has 2 rings (SSSR count). The Kier molecular flexibility index (Phi) is 4.49. The van der Waals surface area contributed by atoms with E-state index < -0.39 is 5.97 Å². The van der Waals surface area contributed by atoms with E-state index in [0.717, 1.165) is 19.0 Å². The quantitative estimate of drug-likeness (QED) is 0.738. The minimum atomic E-state index is -0.732. The average molecular weight is 279 g/mol. The molecule has 0 spiro atoms. The van der Waals surface area contributed by atoms with Gasteiger partial charge >= 0.3 is 5.97 Å². The zero-order chi connectivity index (χ0) is 14.5. The van der Waals surface area contributed by atoms with Crippen molar-refractivity contribution in [3.05, 3.63) is 28.4 Å². The number of carbonyl (C=O) groups is 2. The molecule has 1 amide bonds. The van der Waals surface area contributed by atoms with Crippen LogP contribution in [-0.4, -0.2) is 33.5 Å². The zero-order valence-corrected chi connectivity index (χ0v) is 11.0. The van der Waals surface area contributed by atoms with E-state index in [-0.39, 0.29) is 23.1 Å². The smallest absolute Gasteiger partial charge is 0.306 e. The maximum Gasteiger partial charge on any atom is 0.306 e.